The fourth-order valence-corrected chi connectivity index (χ4v) is 6.74. The maximum absolute atomic E-state index is 12.9. The Labute approximate surface area is 140 Å². The topological polar surface area (TPSA) is 35.5 Å². The van der Waals surface area contributed by atoms with Crippen LogP contribution in [0.3, 0.4) is 0 Å². The van der Waals surface area contributed by atoms with Crippen LogP contribution in [0.5, 0.6) is 0 Å². The fourth-order valence-electron chi connectivity index (χ4n) is 6.74. The Kier molecular flexibility index (Phi) is 3.37. The van der Waals surface area contributed by atoms with Gasteiger partial charge in [-0.2, -0.15) is 0 Å². The number of carbonyl (C=O) groups is 1. The monoisotopic (exact) mass is 320 g/mol. The van der Waals surface area contributed by atoms with E-state index in [1.807, 2.05) is 0 Å². The van der Waals surface area contributed by atoms with Gasteiger partial charge < -0.3 is 9.47 Å². The maximum atomic E-state index is 12.9. The van der Waals surface area contributed by atoms with Crippen molar-refractivity contribution < 1.29 is 14.3 Å². The molecular formula is C20H32O3. The van der Waals surface area contributed by atoms with Gasteiger partial charge in [-0.1, -0.05) is 34.1 Å². The van der Waals surface area contributed by atoms with Gasteiger partial charge in [0.05, 0.1) is 17.8 Å². The Bertz CT molecular complexity index is 519. The largest absolute Gasteiger partial charge is 0.378 e. The lowest BCUT2D eigenvalue weighted by molar-refractivity contribution is -0.239. The van der Waals surface area contributed by atoms with E-state index < -0.39 is 0 Å². The van der Waals surface area contributed by atoms with E-state index in [0.29, 0.717) is 11.7 Å². The van der Waals surface area contributed by atoms with Crippen LogP contribution >= 0.6 is 0 Å². The van der Waals surface area contributed by atoms with Crippen LogP contribution in [0.1, 0.15) is 72.6 Å². The van der Waals surface area contributed by atoms with Crippen molar-refractivity contribution in [1.29, 1.82) is 0 Å². The summed E-state index contributed by atoms with van der Waals surface area (Å²) in [5, 5.41) is 0. The average Bonchev–Trinajstić information content (AvgIpc) is 3.10. The highest BCUT2D eigenvalue weighted by molar-refractivity contribution is 5.84. The van der Waals surface area contributed by atoms with Gasteiger partial charge in [-0.25, -0.2) is 0 Å². The number of Topliss-reactive ketones (excluding diaryl/α,β-unsaturated/α-hetero) is 1. The molecule has 3 nitrogen and oxygen atoms in total. The van der Waals surface area contributed by atoms with Crippen LogP contribution in [0.4, 0.5) is 0 Å². The van der Waals surface area contributed by atoms with E-state index in [1.54, 1.807) is 0 Å². The van der Waals surface area contributed by atoms with Crippen molar-refractivity contribution in [2.24, 2.45) is 22.7 Å². The minimum absolute atomic E-state index is 0.0256. The Hall–Kier alpha value is -0.410. The summed E-state index contributed by atoms with van der Waals surface area (Å²) in [6.45, 7) is 10.9. The molecule has 2 spiro atoms. The lowest BCUT2D eigenvalue weighted by atomic mass is 9.44. The van der Waals surface area contributed by atoms with Crippen LogP contribution < -0.4 is 0 Å². The van der Waals surface area contributed by atoms with Crippen LogP contribution in [0, 0.1) is 22.7 Å². The molecule has 0 aromatic heterocycles. The second kappa shape index (κ2) is 4.82. The normalized spacial score (nSPS) is 52.3. The molecule has 2 saturated carbocycles. The lowest BCUT2D eigenvalue weighted by Crippen LogP contribution is -2.65. The molecule has 2 aliphatic heterocycles. The molecule has 130 valence electrons. The molecule has 0 bridgehead atoms. The predicted molar refractivity (Wildman–Crippen MR) is 89.2 cm³/mol. The van der Waals surface area contributed by atoms with Gasteiger partial charge in [-0.05, 0) is 37.0 Å². The molecule has 0 aromatic rings. The van der Waals surface area contributed by atoms with E-state index >= 15 is 0 Å². The molecule has 2 saturated heterocycles. The van der Waals surface area contributed by atoms with Crippen molar-refractivity contribution in [3.63, 3.8) is 0 Å². The van der Waals surface area contributed by atoms with Gasteiger partial charge in [0.2, 0.25) is 0 Å². The summed E-state index contributed by atoms with van der Waals surface area (Å²) in [5.41, 5.74) is -0.0192. The standard InChI is InChI=1S/C20H32O3/c1-14-15(21)12-16-17(2,3)6-5-7-18(16,4)20(14)9-8-19(23-20)10-11-22-13-19/h14,16H,5-13H2,1-4H3/t14-,16+,18+,19-,20-/m1/s1. The van der Waals surface area contributed by atoms with Crippen LogP contribution in [0.15, 0.2) is 0 Å². The molecule has 5 atom stereocenters. The summed E-state index contributed by atoms with van der Waals surface area (Å²) in [5.74, 6) is 0.904. The molecule has 0 aromatic carbocycles. The third-order valence-corrected chi connectivity index (χ3v) is 8.20. The number of hydrogen-bond acceptors (Lipinski definition) is 3. The van der Waals surface area contributed by atoms with Gasteiger partial charge in [0, 0.05) is 30.8 Å². The van der Waals surface area contributed by atoms with E-state index in [9.17, 15) is 4.79 Å². The smallest absolute Gasteiger partial charge is 0.138 e. The second-order valence-corrected chi connectivity index (χ2v) is 9.68. The highest BCUT2D eigenvalue weighted by Crippen LogP contribution is 2.67. The Balaban J connectivity index is 1.78. The summed E-state index contributed by atoms with van der Waals surface area (Å²) in [6, 6.07) is 0. The molecule has 0 unspecified atom stereocenters. The molecule has 0 amide bonds. The second-order valence-electron chi connectivity index (χ2n) is 9.68. The van der Waals surface area contributed by atoms with Gasteiger partial charge in [-0.3, -0.25) is 4.79 Å². The summed E-state index contributed by atoms with van der Waals surface area (Å²) in [7, 11) is 0. The molecule has 23 heavy (non-hydrogen) atoms. The zero-order chi connectivity index (χ0) is 16.5. The minimum atomic E-state index is -0.265. The summed E-state index contributed by atoms with van der Waals surface area (Å²) in [4.78, 5) is 12.9. The first-order valence-electron chi connectivity index (χ1n) is 9.55. The fraction of sp³-hybridized carbons (Fsp3) is 0.950. The number of carbonyl (C=O) groups excluding carboxylic acids is 1. The first-order chi connectivity index (χ1) is 10.7. The van der Waals surface area contributed by atoms with Gasteiger partial charge in [0.25, 0.3) is 0 Å². The first kappa shape index (κ1) is 16.1. The Morgan fingerprint density at radius 3 is 2.52 bits per heavy atom. The number of rotatable bonds is 0. The molecule has 2 aliphatic carbocycles. The summed E-state index contributed by atoms with van der Waals surface area (Å²) >= 11 is 0. The van der Waals surface area contributed by atoms with Crippen LogP contribution in [0.25, 0.3) is 0 Å². The summed E-state index contributed by atoms with van der Waals surface area (Å²) in [6.07, 6.45) is 7.54. The Morgan fingerprint density at radius 1 is 1.04 bits per heavy atom. The summed E-state index contributed by atoms with van der Waals surface area (Å²) < 4.78 is 12.6. The molecular weight excluding hydrogens is 288 g/mol. The molecule has 2 heterocycles. The van der Waals surface area contributed by atoms with E-state index in [2.05, 4.69) is 27.7 Å². The van der Waals surface area contributed by atoms with Crippen molar-refractivity contribution in [3.8, 4) is 0 Å². The number of fused-ring (bicyclic) bond motifs is 2. The molecule has 3 heteroatoms. The van der Waals surface area contributed by atoms with Gasteiger partial charge in [-0.15, -0.1) is 0 Å². The molecule has 0 radical (unpaired) electrons. The quantitative estimate of drug-likeness (QED) is 0.673. The average molecular weight is 320 g/mol. The highest BCUT2D eigenvalue weighted by Gasteiger charge is 2.69. The van der Waals surface area contributed by atoms with E-state index in [4.69, 9.17) is 9.47 Å². The van der Waals surface area contributed by atoms with Gasteiger partial charge in [0.1, 0.15) is 5.78 Å². The highest BCUT2D eigenvalue weighted by atomic mass is 16.6. The van der Waals surface area contributed by atoms with Gasteiger partial charge >= 0.3 is 0 Å². The van der Waals surface area contributed by atoms with E-state index in [0.717, 1.165) is 38.9 Å². The van der Waals surface area contributed by atoms with E-state index in [1.165, 1.54) is 19.3 Å². The molecule has 4 aliphatic rings. The third-order valence-electron chi connectivity index (χ3n) is 8.20. The van der Waals surface area contributed by atoms with Gasteiger partial charge in [0.15, 0.2) is 0 Å². The zero-order valence-electron chi connectivity index (χ0n) is 15.2. The zero-order valence-corrected chi connectivity index (χ0v) is 15.2. The van der Waals surface area contributed by atoms with Crippen molar-refractivity contribution in [3.05, 3.63) is 0 Å². The number of ketones is 1. The van der Waals surface area contributed by atoms with E-state index in [-0.39, 0.29) is 27.9 Å². The van der Waals surface area contributed by atoms with Crippen molar-refractivity contribution in [1.82, 2.24) is 0 Å². The lowest BCUT2D eigenvalue weighted by Gasteiger charge is -2.63. The van der Waals surface area contributed by atoms with Crippen LogP contribution in [-0.4, -0.2) is 30.2 Å². The molecule has 0 N–H and O–H groups in total. The predicted octanol–water partition coefficient (Wildman–Crippen LogP) is 4.14. The van der Waals surface area contributed by atoms with Crippen LogP contribution in [0.2, 0.25) is 0 Å². The first-order valence-corrected chi connectivity index (χ1v) is 9.55. The number of hydrogen-bond donors (Lipinski definition) is 0. The number of ether oxygens (including phenoxy) is 2. The maximum Gasteiger partial charge on any atom is 0.138 e. The van der Waals surface area contributed by atoms with Crippen molar-refractivity contribution in [2.75, 3.05) is 13.2 Å². The SMILES string of the molecule is C[C@@H]1C(=O)C[C@H]2C(C)(C)CCC[C@]2(C)[C@@]12CC[C@]1(CCOC1)O2. The minimum Gasteiger partial charge on any atom is -0.378 e. The Morgan fingerprint density at radius 2 is 1.83 bits per heavy atom. The van der Waals surface area contributed by atoms with Crippen molar-refractivity contribution >= 4 is 5.78 Å². The van der Waals surface area contributed by atoms with Crippen LogP contribution in [-0.2, 0) is 14.3 Å². The third kappa shape index (κ3) is 1.99. The molecule has 4 rings (SSSR count). The molecule has 4 fully saturated rings. The van der Waals surface area contributed by atoms with Crippen molar-refractivity contribution in [2.45, 2.75) is 83.8 Å².